The van der Waals surface area contributed by atoms with E-state index >= 15 is 0 Å². The summed E-state index contributed by atoms with van der Waals surface area (Å²) >= 11 is 0. The molecule has 0 atom stereocenters. The second-order valence-electron chi connectivity index (χ2n) is 7.06. The lowest BCUT2D eigenvalue weighted by Gasteiger charge is -2.17. The summed E-state index contributed by atoms with van der Waals surface area (Å²) in [6, 6.07) is 14.4. The Morgan fingerprint density at radius 1 is 0.969 bits per heavy atom. The largest absolute Gasteiger partial charge is 0.419 e. The van der Waals surface area contributed by atoms with E-state index in [0.29, 0.717) is 12.1 Å². The highest BCUT2D eigenvalue weighted by molar-refractivity contribution is 6.00. The van der Waals surface area contributed by atoms with E-state index in [-0.39, 0.29) is 28.5 Å². The Labute approximate surface area is 182 Å². The predicted octanol–water partition coefficient (Wildman–Crippen LogP) is 5.08. The molecule has 0 saturated heterocycles. The molecule has 0 aliphatic rings. The molecule has 1 aromatic heterocycles. The summed E-state index contributed by atoms with van der Waals surface area (Å²) in [5.41, 5.74) is 0.641. The van der Waals surface area contributed by atoms with E-state index < -0.39 is 17.6 Å². The number of halogens is 3. The van der Waals surface area contributed by atoms with Crippen LogP contribution in [0.2, 0.25) is 0 Å². The van der Waals surface area contributed by atoms with E-state index in [1.54, 1.807) is 36.4 Å². The number of carbonyl (C=O) groups is 2. The Morgan fingerprint density at radius 3 is 2.28 bits per heavy atom. The topological polar surface area (TPSA) is 83.1 Å². The molecule has 0 aliphatic heterocycles. The van der Waals surface area contributed by atoms with Crippen molar-refractivity contribution in [3.8, 4) is 0 Å². The molecule has 166 valence electrons. The first-order valence-electron chi connectivity index (χ1n) is 9.68. The summed E-state index contributed by atoms with van der Waals surface area (Å²) in [5, 5.41) is 8.14. The van der Waals surface area contributed by atoms with Crippen molar-refractivity contribution in [3.05, 3.63) is 77.5 Å². The summed E-state index contributed by atoms with van der Waals surface area (Å²) in [7, 11) is 1.44. The normalized spacial score (nSPS) is 11.0. The second-order valence-corrected chi connectivity index (χ2v) is 7.06. The van der Waals surface area contributed by atoms with Crippen molar-refractivity contribution in [2.45, 2.75) is 19.5 Å². The molecule has 0 bridgehead atoms. The first-order valence-corrected chi connectivity index (χ1v) is 9.68. The van der Waals surface area contributed by atoms with Crippen molar-refractivity contribution in [2.75, 3.05) is 17.7 Å². The SMILES string of the molecule is CNC(=O)c1ccccc1Nc1cc(Nc2ccc(CC(C)=O)cc2)ncc1C(F)(F)F. The van der Waals surface area contributed by atoms with Gasteiger partial charge in [0.15, 0.2) is 0 Å². The molecule has 3 aromatic rings. The lowest BCUT2D eigenvalue weighted by molar-refractivity contribution is -0.137. The Bertz CT molecular complexity index is 1130. The Kier molecular flexibility index (Phi) is 6.77. The van der Waals surface area contributed by atoms with Gasteiger partial charge < -0.3 is 16.0 Å². The van der Waals surface area contributed by atoms with Crippen molar-refractivity contribution in [3.63, 3.8) is 0 Å². The standard InChI is InChI=1S/C23H21F3N4O2/c1-14(31)11-15-7-9-16(10-8-15)29-21-12-20(18(13-28-21)23(24,25)26)30-19-6-4-3-5-17(19)22(32)27-2/h3-10,12-13H,11H2,1-2H3,(H,27,32)(H2,28,29,30). The van der Waals surface area contributed by atoms with Gasteiger partial charge in [0.1, 0.15) is 11.6 Å². The number of hydrogen-bond acceptors (Lipinski definition) is 5. The first-order chi connectivity index (χ1) is 15.2. The number of para-hydroxylation sites is 1. The van der Waals surface area contributed by atoms with Crippen molar-refractivity contribution in [2.24, 2.45) is 0 Å². The average molecular weight is 442 g/mol. The minimum Gasteiger partial charge on any atom is -0.355 e. The number of amides is 1. The molecule has 0 fully saturated rings. The molecule has 6 nitrogen and oxygen atoms in total. The number of pyridine rings is 1. The summed E-state index contributed by atoms with van der Waals surface area (Å²) in [4.78, 5) is 27.2. The third-order valence-corrected chi connectivity index (χ3v) is 4.56. The quantitative estimate of drug-likeness (QED) is 0.475. The molecule has 0 unspecified atom stereocenters. The van der Waals surface area contributed by atoms with Crippen molar-refractivity contribution in [1.82, 2.24) is 10.3 Å². The zero-order valence-corrected chi connectivity index (χ0v) is 17.4. The van der Waals surface area contributed by atoms with Crippen LogP contribution in [-0.2, 0) is 17.4 Å². The van der Waals surface area contributed by atoms with Crippen LogP contribution in [0.4, 0.5) is 36.1 Å². The zero-order valence-electron chi connectivity index (χ0n) is 17.4. The summed E-state index contributed by atoms with van der Waals surface area (Å²) in [6.45, 7) is 1.50. The maximum Gasteiger partial charge on any atom is 0.419 e. The van der Waals surface area contributed by atoms with Gasteiger partial charge in [-0.05, 0) is 36.8 Å². The highest BCUT2D eigenvalue weighted by Crippen LogP contribution is 2.37. The highest BCUT2D eigenvalue weighted by Gasteiger charge is 2.34. The Morgan fingerprint density at radius 2 is 1.66 bits per heavy atom. The van der Waals surface area contributed by atoms with Crippen LogP contribution in [0, 0.1) is 0 Å². The van der Waals surface area contributed by atoms with Crippen LogP contribution >= 0.6 is 0 Å². The molecule has 0 aliphatic carbocycles. The van der Waals surface area contributed by atoms with Crippen molar-refractivity contribution < 1.29 is 22.8 Å². The first kappa shape index (κ1) is 22.8. The molecular formula is C23H21F3N4O2. The number of hydrogen-bond donors (Lipinski definition) is 3. The average Bonchev–Trinajstić information content (AvgIpc) is 2.74. The monoisotopic (exact) mass is 442 g/mol. The van der Waals surface area contributed by atoms with Crippen LogP contribution < -0.4 is 16.0 Å². The fraction of sp³-hybridized carbons (Fsp3) is 0.174. The summed E-state index contributed by atoms with van der Waals surface area (Å²) in [5.74, 6) is -0.222. The van der Waals surface area contributed by atoms with E-state index in [1.807, 2.05) is 0 Å². The number of nitrogens with one attached hydrogen (secondary N) is 3. The van der Waals surface area contributed by atoms with Gasteiger partial charge in [-0.2, -0.15) is 13.2 Å². The van der Waals surface area contributed by atoms with Gasteiger partial charge in [-0.3, -0.25) is 9.59 Å². The van der Waals surface area contributed by atoms with E-state index in [9.17, 15) is 22.8 Å². The molecule has 0 radical (unpaired) electrons. The van der Waals surface area contributed by atoms with Crippen LogP contribution in [0.3, 0.4) is 0 Å². The number of aromatic nitrogens is 1. The minimum absolute atomic E-state index is 0.0304. The van der Waals surface area contributed by atoms with Crippen LogP contribution in [-0.4, -0.2) is 23.7 Å². The van der Waals surface area contributed by atoms with E-state index in [1.165, 1.54) is 32.2 Å². The summed E-state index contributed by atoms with van der Waals surface area (Å²) in [6.07, 6.45) is -3.61. The number of carbonyl (C=O) groups excluding carboxylic acids is 2. The number of Topliss-reactive ketones (excluding diaryl/α,β-unsaturated/α-hetero) is 1. The van der Waals surface area contributed by atoms with Gasteiger partial charge in [-0.1, -0.05) is 24.3 Å². The predicted molar refractivity (Wildman–Crippen MR) is 116 cm³/mol. The van der Waals surface area contributed by atoms with E-state index in [0.717, 1.165) is 11.8 Å². The maximum absolute atomic E-state index is 13.6. The number of anilines is 4. The number of alkyl halides is 3. The molecule has 9 heteroatoms. The molecular weight excluding hydrogens is 421 g/mol. The molecule has 3 rings (SSSR count). The molecule has 1 amide bonds. The molecule has 1 heterocycles. The molecule has 32 heavy (non-hydrogen) atoms. The van der Waals surface area contributed by atoms with Crippen LogP contribution in [0.15, 0.2) is 60.8 Å². The smallest absolute Gasteiger partial charge is 0.355 e. The Balaban J connectivity index is 1.93. The maximum atomic E-state index is 13.6. The van der Waals surface area contributed by atoms with Gasteiger partial charge in [0.2, 0.25) is 0 Å². The van der Waals surface area contributed by atoms with E-state index in [4.69, 9.17) is 0 Å². The summed E-state index contributed by atoms with van der Waals surface area (Å²) < 4.78 is 40.7. The molecule has 3 N–H and O–H groups in total. The highest BCUT2D eigenvalue weighted by atomic mass is 19.4. The number of rotatable bonds is 7. The van der Waals surface area contributed by atoms with Gasteiger partial charge in [-0.15, -0.1) is 0 Å². The number of nitrogens with zero attached hydrogens (tertiary/aromatic N) is 1. The third kappa shape index (κ3) is 5.63. The molecule has 0 saturated carbocycles. The van der Waals surface area contributed by atoms with Crippen LogP contribution in [0.25, 0.3) is 0 Å². The number of ketones is 1. The van der Waals surface area contributed by atoms with E-state index in [2.05, 4.69) is 20.9 Å². The van der Waals surface area contributed by atoms with Gasteiger partial charge in [-0.25, -0.2) is 4.98 Å². The lowest BCUT2D eigenvalue weighted by Crippen LogP contribution is -2.19. The van der Waals surface area contributed by atoms with Crippen molar-refractivity contribution in [1.29, 1.82) is 0 Å². The Hall–Kier alpha value is -3.88. The van der Waals surface area contributed by atoms with Crippen LogP contribution in [0.1, 0.15) is 28.4 Å². The van der Waals surface area contributed by atoms with Gasteiger partial charge in [0.25, 0.3) is 5.91 Å². The molecule has 2 aromatic carbocycles. The van der Waals surface area contributed by atoms with Crippen LogP contribution in [0.5, 0.6) is 0 Å². The third-order valence-electron chi connectivity index (χ3n) is 4.56. The minimum atomic E-state index is -4.65. The lowest BCUT2D eigenvalue weighted by atomic mass is 10.1. The zero-order chi connectivity index (χ0) is 23.3. The molecule has 0 spiro atoms. The fourth-order valence-corrected chi connectivity index (χ4v) is 3.06. The van der Waals surface area contributed by atoms with Gasteiger partial charge in [0, 0.05) is 31.4 Å². The van der Waals surface area contributed by atoms with Gasteiger partial charge in [0.05, 0.1) is 22.5 Å². The second kappa shape index (κ2) is 9.51. The van der Waals surface area contributed by atoms with Gasteiger partial charge >= 0.3 is 6.18 Å². The fourth-order valence-electron chi connectivity index (χ4n) is 3.06. The number of benzene rings is 2. The van der Waals surface area contributed by atoms with Crippen molar-refractivity contribution >= 4 is 34.6 Å².